The number of nitrogens with two attached hydrogens (primary N) is 1. The summed E-state index contributed by atoms with van der Waals surface area (Å²) in [5, 5.41) is 17.2. The van der Waals surface area contributed by atoms with E-state index in [1.807, 2.05) is 45.0 Å². The lowest BCUT2D eigenvalue weighted by Crippen LogP contribution is -2.18. The van der Waals surface area contributed by atoms with E-state index in [4.69, 9.17) is 11.0 Å². The molecule has 0 fully saturated rings. The summed E-state index contributed by atoms with van der Waals surface area (Å²) in [6.45, 7) is 6.08. The zero-order chi connectivity index (χ0) is 23.7. The molecule has 2 amide bonds. The summed E-state index contributed by atoms with van der Waals surface area (Å²) in [4.78, 5) is 29.4. The largest absolute Gasteiger partial charge is 0.364 e. The molecule has 3 N–H and O–H groups in total. The molecule has 4 rings (SSSR count). The van der Waals surface area contributed by atoms with Crippen molar-refractivity contribution < 1.29 is 9.59 Å². The quantitative estimate of drug-likeness (QED) is 0.492. The summed E-state index contributed by atoms with van der Waals surface area (Å²) < 4.78 is 1.80. The van der Waals surface area contributed by atoms with Gasteiger partial charge in [-0.1, -0.05) is 24.3 Å². The molecule has 4 aromatic rings. The standard InChI is InChI=1S/C25H22N6O2/c1-14-5-4-6-20-22(14)19(11-21(28-20)24(27)32)25(33)29-23-15(2)30-31(16(23)3)13-18-9-7-17(12-26)8-10-18/h4-11H,13H2,1-3H3,(H2,27,32)(H,29,33). The molecule has 0 spiro atoms. The van der Waals surface area contributed by atoms with Crippen molar-refractivity contribution in [3.05, 3.63) is 87.9 Å². The lowest BCUT2D eigenvalue weighted by molar-refractivity contribution is 0.0996. The van der Waals surface area contributed by atoms with Crippen molar-refractivity contribution in [2.75, 3.05) is 5.32 Å². The third-order valence-electron chi connectivity index (χ3n) is 5.57. The van der Waals surface area contributed by atoms with Crippen LogP contribution in [0.3, 0.4) is 0 Å². The molecule has 0 saturated heterocycles. The van der Waals surface area contributed by atoms with E-state index >= 15 is 0 Å². The molecule has 164 valence electrons. The van der Waals surface area contributed by atoms with Crippen LogP contribution in [0.5, 0.6) is 0 Å². The van der Waals surface area contributed by atoms with Gasteiger partial charge < -0.3 is 11.1 Å². The molecule has 0 unspecified atom stereocenters. The zero-order valence-electron chi connectivity index (χ0n) is 18.5. The average Bonchev–Trinajstić information content (AvgIpc) is 3.06. The Morgan fingerprint density at radius 1 is 1.12 bits per heavy atom. The van der Waals surface area contributed by atoms with Gasteiger partial charge in [-0.05, 0) is 56.2 Å². The number of aromatic nitrogens is 3. The Morgan fingerprint density at radius 3 is 2.52 bits per heavy atom. The monoisotopic (exact) mass is 438 g/mol. The van der Waals surface area contributed by atoms with Crippen molar-refractivity contribution in [2.45, 2.75) is 27.3 Å². The first-order chi connectivity index (χ1) is 15.8. The molecule has 0 bridgehead atoms. The van der Waals surface area contributed by atoms with E-state index in [1.54, 1.807) is 22.9 Å². The Labute approximate surface area is 190 Å². The minimum atomic E-state index is -0.699. The number of fused-ring (bicyclic) bond motifs is 1. The molecule has 0 saturated carbocycles. The first-order valence-electron chi connectivity index (χ1n) is 10.3. The number of nitriles is 1. The number of nitrogens with one attached hydrogen (secondary N) is 1. The number of primary amides is 1. The Balaban J connectivity index is 1.69. The lowest BCUT2D eigenvalue weighted by Gasteiger charge is -2.12. The highest BCUT2D eigenvalue weighted by atomic mass is 16.2. The Hall–Kier alpha value is -4.51. The fourth-order valence-electron chi connectivity index (χ4n) is 3.84. The van der Waals surface area contributed by atoms with Crippen LogP contribution in [0.15, 0.2) is 48.5 Å². The molecule has 8 nitrogen and oxygen atoms in total. The normalized spacial score (nSPS) is 10.7. The molecule has 0 aliphatic carbocycles. The van der Waals surface area contributed by atoms with Crippen LogP contribution < -0.4 is 11.1 Å². The molecule has 33 heavy (non-hydrogen) atoms. The summed E-state index contributed by atoms with van der Waals surface area (Å²) >= 11 is 0. The van der Waals surface area contributed by atoms with E-state index in [1.165, 1.54) is 6.07 Å². The fourth-order valence-corrected chi connectivity index (χ4v) is 3.84. The number of amides is 2. The van der Waals surface area contributed by atoms with E-state index < -0.39 is 5.91 Å². The van der Waals surface area contributed by atoms with E-state index in [0.29, 0.717) is 40.0 Å². The SMILES string of the molecule is Cc1nn(Cc2ccc(C#N)cc2)c(C)c1NC(=O)c1cc(C(N)=O)nc2cccc(C)c12. The van der Waals surface area contributed by atoms with Gasteiger partial charge in [-0.25, -0.2) is 4.98 Å². The lowest BCUT2D eigenvalue weighted by atomic mass is 10.0. The minimum absolute atomic E-state index is 0.0307. The van der Waals surface area contributed by atoms with Gasteiger partial charge >= 0.3 is 0 Å². The van der Waals surface area contributed by atoms with Crippen molar-refractivity contribution in [3.8, 4) is 6.07 Å². The number of anilines is 1. The molecule has 0 aliphatic rings. The highest BCUT2D eigenvalue weighted by Gasteiger charge is 2.20. The zero-order valence-corrected chi connectivity index (χ0v) is 18.5. The summed E-state index contributed by atoms with van der Waals surface area (Å²) in [7, 11) is 0. The molecule has 8 heteroatoms. The van der Waals surface area contributed by atoms with Gasteiger partial charge in [-0.3, -0.25) is 14.3 Å². The first-order valence-corrected chi connectivity index (χ1v) is 10.3. The van der Waals surface area contributed by atoms with Crippen LogP contribution in [-0.4, -0.2) is 26.6 Å². The third-order valence-corrected chi connectivity index (χ3v) is 5.57. The van der Waals surface area contributed by atoms with Crippen molar-refractivity contribution in [1.29, 1.82) is 5.26 Å². The van der Waals surface area contributed by atoms with Crippen LogP contribution in [0.4, 0.5) is 5.69 Å². The smallest absolute Gasteiger partial charge is 0.267 e. The molecule has 2 heterocycles. The molecule has 0 atom stereocenters. The second-order valence-electron chi connectivity index (χ2n) is 7.85. The second kappa shape index (κ2) is 8.55. The molecular weight excluding hydrogens is 416 g/mol. The van der Waals surface area contributed by atoms with Crippen molar-refractivity contribution in [3.63, 3.8) is 0 Å². The molecule has 2 aromatic carbocycles. The average molecular weight is 438 g/mol. The predicted molar refractivity (Wildman–Crippen MR) is 125 cm³/mol. The van der Waals surface area contributed by atoms with Gasteiger partial charge in [0.05, 0.1) is 46.3 Å². The summed E-state index contributed by atoms with van der Waals surface area (Å²) in [6.07, 6.45) is 0. The van der Waals surface area contributed by atoms with Gasteiger partial charge in [0.1, 0.15) is 5.69 Å². The Bertz CT molecular complexity index is 1440. The number of nitrogens with zero attached hydrogens (tertiary/aromatic N) is 4. The maximum Gasteiger partial charge on any atom is 0.267 e. The Morgan fingerprint density at radius 2 is 1.85 bits per heavy atom. The number of hydrogen-bond donors (Lipinski definition) is 2. The van der Waals surface area contributed by atoms with Crippen LogP contribution >= 0.6 is 0 Å². The number of aryl methyl sites for hydroxylation is 2. The highest BCUT2D eigenvalue weighted by Crippen LogP contribution is 2.26. The second-order valence-corrected chi connectivity index (χ2v) is 7.85. The van der Waals surface area contributed by atoms with E-state index in [9.17, 15) is 9.59 Å². The fraction of sp³-hybridized carbons (Fsp3) is 0.160. The summed E-state index contributed by atoms with van der Waals surface area (Å²) in [5.41, 5.74) is 10.8. The maximum absolute atomic E-state index is 13.3. The van der Waals surface area contributed by atoms with Gasteiger partial charge in [-0.15, -0.1) is 0 Å². The maximum atomic E-state index is 13.3. The summed E-state index contributed by atoms with van der Waals surface area (Å²) in [5.74, 6) is -1.07. The highest BCUT2D eigenvalue weighted by molar-refractivity contribution is 6.14. The number of benzene rings is 2. The molecule has 0 radical (unpaired) electrons. The first kappa shape index (κ1) is 21.7. The topological polar surface area (TPSA) is 127 Å². The van der Waals surface area contributed by atoms with Crippen molar-refractivity contribution in [1.82, 2.24) is 14.8 Å². The van der Waals surface area contributed by atoms with Gasteiger partial charge in [-0.2, -0.15) is 10.4 Å². The predicted octanol–water partition coefficient (Wildman–Crippen LogP) is 3.63. The number of carbonyl (C=O) groups is 2. The van der Waals surface area contributed by atoms with Crippen LogP contribution in [-0.2, 0) is 6.54 Å². The van der Waals surface area contributed by atoms with Gasteiger partial charge in [0.2, 0.25) is 0 Å². The van der Waals surface area contributed by atoms with E-state index in [0.717, 1.165) is 16.8 Å². The van der Waals surface area contributed by atoms with E-state index in [2.05, 4.69) is 21.5 Å². The van der Waals surface area contributed by atoms with Crippen LogP contribution in [0.2, 0.25) is 0 Å². The molecule has 0 aliphatic heterocycles. The molecule has 2 aromatic heterocycles. The van der Waals surface area contributed by atoms with E-state index in [-0.39, 0.29) is 11.6 Å². The molecular formula is C25H22N6O2. The van der Waals surface area contributed by atoms with Gasteiger partial charge in [0.25, 0.3) is 11.8 Å². The summed E-state index contributed by atoms with van der Waals surface area (Å²) in [6, 6.07) is 16.3. The third kappa shape index (κ3) is 4.16. The van der Waals surface area contributed by atoms with Crippen molar-refractivity contribution >= 4 is 28.4 Å². The Kier molecular flexibility index (Phi) is 5.63. The van der Waals surface area contributed by atoms with Gasteiger partial charge in [0.15, 0.2) is 0 Å². The van der Waals surface area contributed by atoms with Crippen LogP contribution in [0.25, 0.3) is 10.9 Å². The number of carbonyl (C=O) groups excluding carboxylic acids is 2. The number of rotatable bonds is 5. The van der Waals surface area contributed by atoms with Crippen LogP contribution in [0.1, 0.15) is 48.9 Å². The van der Waals surface area contributed by atoms with Crippen LogP contribution in [0, 0.1) is 32.1 Å². The van der Waals surface area contributed by atoms with Crippen molar-refractivity contribution in [2.24, 2.45) is 5.73 Å². The van der Waals surface area contributed by atoms with Gasteiger partial charge in [0, 0.05) is 5.39 Å². The number of pyridine rings is 1. The minimum Gasteiger partial charge on any atom is -0.364 e. The number of hydrogen-bond acceptors (Lipinski definition) is 5.